The molecule has 0 saturated carbocycles. The molecule has 1 aromatic carbocycles. The summed E-state index contributed by atoms with van der Waals surface area (Å²) in [5.74, 6) is 5.37. The van der Waals surface area contributed by atoms with Gasteiger partial charge in [-0.05, 0) is 76.4 Å². The second-order valence-electron chi connectivity index (χ2n) is 9.88. The van der Waals surface area contributed by atoms with E-state index < -0.39 is 6.10 Å². The van der Waals surface area contributed by atoms with Crippen molar-refractivity contribution in [2.24, 2.45) is 0 Å². The van der Waals surface area contributed by atoms with Crippen LogP contribution in [0.5, 0.6) is 0 Å². The summed E-state index contributed by atoms with van der Waals surface area (Å²) in [5.41, 5.74) is 1.59. The molecular formula is C26H35FN4O3. The van der Waals surface area contributed by atoms with Crippen molar-refractivity contribution in [3.05, 3.63) is 29.6 Å². The van der Waals surface area contributed by atoms with E-state index in [2.05, 4.69) is 16.7 Å². The molecule has 3 aliphatic rings. The summed E-state index contributed by atoms with van der Waals surface area (Å²) in [6.07, 6.45) is 2.90. The van der Waals surface area contributed by atoms with Crippen LogP contribution in [-0.4, -0.2) is 85.8 Å². The minimum absolute atomic E-state index is 0.0642. The van der Waals surface area contributed by atoms with E-state index in [9.17, 15) is 14.0 Å². The van der Waals surface area contributed by atoms with Crippen LogP contribution in [-0.2, 0) is 10.2 Å². The van der Waals surface area contributed by atoms with E-state index in [1.807, 2.05) is 0 Å². The van der Waals surface area contributed by atoms with Crippen LogP contribution in [0.3, 0.4) is 0 Å². The molecule has 1 atom stereocenters. The Morgan fingerprint density at radius 2 is 1.85 bits per heavy atom. The van der Waals surface area contributed by atoms with E-state index in [0.29, 0.717) is 25.7 Å². The number of fused-ring (bicyclic) bond motifs is 2. The maximum Gasteiger partial charge on any atom is 0.410 e. The number of carbonyl (C=O) groups is 2. The van der Waals surface area contributed by atoms with Gasteiger partial charge in [-0.2, -0.15) is 0 Å². The monoisotopic (exact) mass is 470 g/mol. The summed E-state index contributed by atoms with van der Waals surface area (Å²) < 4.78 is 19.6. The molecule has 3 amide bonds. The number of benzene rings is 1. The molecule has 0 aromatic heterocycles. The highest BCUT2D eigenvalue weighted by atomic mass is 19.1. The van der Waals surface area contributed by atoms with Gasteiger partial charge in [0.15, 0.2) is 6.10 Å². The molecule has 7 nitrogen and oxygen atoms in total. The lowest BCUT2D eigenvalue weighted by molar-refractivity contribution is 0.0507. The lowest BCUT2D eigenvalue weighted by Gasteiger charge is -2.45. The minimum Gasteiger partial charge on any atom is -0.433 e. The maximum atomic E-state index is 14.2. The Bertz CT molecular complexity index is 985. The molecule has 1 spiro atoms. The summed E-state index contributed by atoms with van der Waals surface area (Å²) in [6, 6.07) is 5.17. The molecule has 8 heteroatoms. The highest BCUT2D eigenvalue weighted by Gasteiger charge is 2.47. The lowest BCUT2D eigenvalue weighted by Crippen LogP contribution is -2.53. The van der Waals surface area contributed by atoms with Crippen molar-refractivity contribution < 1.29 is 18.7 Å². The number of anilines is 1. The molecule has 3 heterocycles. The van der Waals surface area contributed by atoms with E-state index in [4.69, 9.17) is 4.74 Å². The van der Waals surface area contributed by atoms with Crippen LogP contribution in [0.2, 0.25) is 0 Å². The fourth-order valence-electron chi connectivity index (χ4n) is 5.67. The SMILES string of the molecule is CC#CC(C)OC(=O)N1CCC(N2CCC3(CC2)CN(C(=O)N(C)C)c2ccc(F)cc23)CC1. The Morgan fingerprint density at radius 3 is 2.47 bits per heavy atom. The number of halogens is 1. The van der Waals surface area contributed by atoms with Crippen LogP contribution in [0.25, 0.3) is 0 Å². The molecule has 0 aliphatic carbocycles. The van der Waals surface area contributed by atoms with Gasteiger partial charge in [-0.25, -0.2) is 14.0 Å². The molecule has 2 fully saturated rings. The first-order valence-electron chi connectivity index (χ1n) is 12.1. The molecule has 0 bridgehead atoms. The molecule has 4 rings (SSSR count). The van der Waals surface area contributed by atoms with Gasteiger partial charge in [0.1, 0.15) is 5.82 Å². The molecular weight excluding hydrogens is 435 g/mol. The fraction of sp³-hybridized carbons (Fsp3) is 0.615. The van der Waals surface area contributed by atoms with Gasteiger partial charge in [0.2, 0.25) is 0 Å². The molecule has 1 aromatic rings. The van der Waals surface area contributed by atoms with E-state index in [1.54, 1.807) is 54.8 Å². The van der Waals surface area contributed by atoms with Crippen molar-refractivity contribution in [2.75, 3.05) is 51.7 Å². The predicted molar refractivity (Wildman–Crippen MR) is 129 cm³/mol. The molecule has 2 saturated heterocycles. The normalized spacial score (nSPS) is 21.0. The van der Waals surface area contributed by atoms with Crippen LogP contribution >= 0.6 is 0 Å². The van der Waals surface area contributed by atoms with Gasteiger partial charge in [0.05, 0.1) is 0 Å². The average molecular weight is 471 g/mol. The second-order valence-corrected chi connectivity index (χ2v) is 9.88. The Morgan fingerprint density at radius 1 is 1.18 bits per heavy atom. The van der Waals surface area contributed by atoms with Crippen LogP contribution in [0.15, 0.2) is 18.2 Å². The van der Waals surface area contributed by atoms with E-state index in [-0.39, 0.29) is 23.4 Å². The highest BCUT2D eigenvalue weighted by molar-refractivity contribution is 5.95. The minimum atomic E-state index is -0.397. The summed E-state index contributed by atoms with van der Waals surface area (Å²) in [4.78, 5) is 32.9. The standard InChI is InChI=1S/C26H35FN4O3/c1-5-6-19(2)34-25(33)30-13-9-21(10-14-30)29-15-11-26(12-16-29)18-31(24(32)28(3)4)23-8-7-20(27)17-22(23)26/h7-8,17,19,21H,9-16,18H2,1-4H3. The molecule has 3 aliphatic heterocycles. The maximum absolute atomic E-state index is 14.2. The third-order valence-electron chi connectivity index (χ3n) is 7.51. The molecule has 0 radical (unpaired) electrons. The van der Waals surface area contributed by atoms with Gasteiger partial charge in [-0.3, -0.25) is 4.90 Å². The summed E-state index contributed by atoms with van der Waals surface area (Å²) in [5, 5.41) is 0. The number of nitrogens with zero attached hydrogens (tertiary/aromatic N) is 4. The Hall–Kier alpha value is -2.79. The van der Waals surface area contributed by atoms with Crippen molar-refractivity contribution in [1.29, 1.82) is 0 Å². The first kappa shape index (κ1) is 24.3. The van der Waals surface area contributed by atoms with Crippen LogP contribution in [0.1, 0.15) is 45.1 Å². The zero-order valence-corrected chi connectivity index (χ0v) is 20.6. The van der Waals surface area contributed by atoms with Crippen molar-refractivity contribution in [2.45, 2.75) is 57.1 Å². The van der Waals surface area contributed by atoms with Crippen LogP contribution in [0.4, 0.5) is 19.7 Å². The number of likely N-dealkylation sites (tertiary alicyclic amines) is 2. The van der Waals surface area contributed by atoms with Gasteiger partial charge >= 0.3 is 12.1 Å². The quantitative estimate of drug-likeness (QED) is 0.619. The lowest BCUT2D eigenvalue weighted by atomic mass is 9.74. The number of hydrogen-bond donors (Lipinski definition) is 0. The molecule has 1 unspecified atom stereocenters. The second kappa shape index (κ2) is 9.83. The average Bonchev–Trinajstić information content (AvgIpc) is 3.12. The van der Waals surface area contributed by atoms with E-state index in [0.717, 1.165) is 50.0 Å². The molecule has 34 heavy (non-hydrogen) atoms. The third kappa shape index (κ3) is 4.72. The first-order valence-corrected chi connectivity index (χ1v) is 12.1. The van der Waals surface area contributed by atoms with E-state index in [1.165, 1.54) is 6.07 Å². The van der Waals surface area contributed by atoms with Crippen molar-refractivity contribution in [3.8, 4) is 11.8 Å². The highest BCUT2D eigenvalue weighted by Crippen LogP contribution is 2.48. The number of carbonyl (C=O) groups excluding carboxylic acids is 2. The van der Waals surface area contributed by atoms with Gasteiger partial charge in [0, 0.05) is 50.9 Å². The van der Waals surface area contributed by atoms with Crippen molar-refractivity contribution in [1.82, 2.24) is 14.7 Å². The topological polar surface area (TPSA) is 56.3 Å². The third-order valence-corrected chi connectivity index (χ3v) is 7.51. The van der Waals surface area contributed by atoms with Crippen molar-refractivity contribution >= 4 is 17.8 Å². The largest absolute Gasteiger partial charge is 0.433 e. The van der Waals surface area contributed by atoms with E-state index >= 15 is 0 Å². The summed E-state index contributed by atoms with van der Waals surface area (Å²) >= 11 is 0. The number of amides is 3. The van der Waals surface area contributed by atoms with Gasteiger partial charge < -0.3 is 19.4 Å². The smallest absolute Gasteiger partial charge is 0.410 e. The fourth-order valence-corrected chi connectivity index (χ4v) is 5.67. The summed E-state index contributed by atoms with van der Waals surface area (Å²) in [7, 11) is 3.50. The first-order chi connectivity index (χ1) is 16.2. The van der Waals surface area contributed by atoms with Crippen LogP contribution < -0.4 is 4.90 Å². The van der Waals surface area contributed by atoms with Gasteiger partial charge in [-0.1, -0.05) is 5.92 Å². The Balaban J connectivity index is 1.37. The number of ether oxygens (including phenoxy) is 1. The Labute approximate surface area is 201 Å². The van der Waals surface area contributed by atoms with Crippen molar-refractivity contribution in [3.63, 3.8) is 0 Å². The zero-order chi connectivity index (χ0) is 24.5. The number of urea groups is 1. The molecule has 0 N–H and O–H groups in total. The van der Waals surface area contributed by atoms with Gasteiger partial charge in [-0.15, -0.1) is 5.92 Å². The predicted octanol–water partition coefficient (Wildman–Crippen LogP) is 3.67. The van der Waals surface area contributed by atoms with Crippen LogP contribution in [0, 0.1) is 17.7 Å². The zero-order valence-electron chi connectivity index (χ0n) is 20.6. The number of rotatable bonds is 2. The molecule has 184 valence electrons. The summed E-state index contributed by atoms with van der Waals surface area (Å²) in [6.45, 7) is 7.27. The van der Waals surface area contributed by atoms with Gasteiger partial charge in [0.25, 0.3) is 0 Å². The number of hydrogen-bond acceptors (Lipinski definition) is 4. The number of piperidine rings is 2. The Kier molecular flexibility index (Phi) is 7.04.